The van der Waals surface area contributed by atoms with Gasteiger partial charge in [0.2, 0.25) is 11.8 Å². The van der Waals surface area contributed by atoms with Gasteiger partial charge in [0.15, 0.2) is 5.16 Å². The highest BCUT2D eigenvalue weighted by Gasteiger charge is 2.22. The van der Waals surface area contributed by atoms with Crippen molar-refractivity contribution in [1.29, 1.82) is 0 Å². The van der Waals surface area contributed by atoms with Gasteiger partial charge in [0.1, 0.15) is 5.82 Å². The Hall–Kier alpha value is -3.23. The van der Waals surface area contributed by atoms with Gasteiger partial charge in [-0.25, -0.2) is 0 Å². The van der Waals surface area contributed by atoms with Gasteiger partial charge < -0.3 is 4.42 Å². The molecule has 1 atom stereocenters. The number of thioether (sulfide) groups is 1. The summed E-state index contributed by atoms with van der Waals surface area (Å²) in [6, 6.07) is 22.4. The lowest BCUT2D eigenvalue weighted by atomic mass is 10.1. The lowest BCUT2D eigenvalue weighted by Crippen LogP contribution is -2.03. The first-order valence-electron chi connectivity index (χ1n) is 10.3. The van der Waals surface area contributed by atoms with E-state index in [4.69, 9.17) is 4.42 Å². The Morgan fingerprint density at radius 3 is 2.50 bits per heavy atom. The van der Waals surface area contributed by atoms with Gasteiger partial charge in [-0.05, 0) is 49.6 Å². The summed E-state index contributed by atoms with van der Waals surface area (Å²) >= 11 is 3.28. The van der Waals surface area contributed by atoms with Crippen LogP contribution in [0.5, 0.6) is 0 Å². The summed E-state index contributed by atoms with van der Waals surface area (Å²) in [6.45, 7) is 4.09. The van der Waals surface area contributed by atoms with Gasteiger partial charge in [-0.2, -0.15) is 0 Å². The number of hydrogen-bond acceptors (Lipinski definition) is 7. The summed E-state index contributed by atoms with van der Waals surface area (Å²) in [7, 11) is 0. The largest absolute Gasteiger partial charge is 0.419 e. The van der Waals surface area contributed by atoms with E-state index >= 15 is 0 Å². The number of benzene rings is 2. The molecule has 6 nitrogen and oxygen atoms in total. The Bertz CT molecular complexity index is 1290. The Morgan fingerprint density at radius 1 is 0.938 bits per heavy atom. The van der Waals surface area contributed by atoms with Crippen LogP contribution in [0.15, 0.2) is 81.7 Å². The number of aryl methyl sites for hydroxylation is 1. The highest BCUT2D eigenvalue weighted by molar-refractivity contribution is 7.99. The molecule has 0 amide bonds. The van der Waals surface area contributed by atoms with Crippen LogP contribution in [0.2, 0.25) is 0 Å². The first kappa shape index (κ1) is 20.7. The van der Waals surface area contributed by atoms with Crippen LogP contribution in [0, 0.1) is 6.92 Å². The summed E-state index contributed by atoms with van der Waals surface area (Å²) in [4.78, 5) is 1.25. The predicted octanol–water partition coefficient (Wildman–Crippen LogP) is 6.13. The molecule has 5 rings (SSSR count). The molecule has 2 aromatic carbocycles. The van der Waals surface area contributed by atoms with Crippen LogP contribution >= 0.6 is 23.1 Å². The molecule has 32 heavy (non-hydrogen) atoms. The second-order valence-corrected chi connectivity index (χ2v) is 9.74. The van der Waals surface area contributed by atoms with Crippen molar-refractivity contribution in [3.63, 3.8) is 0 Å². The van der Waals surface area contributed by atoms with Crippen LogP contribution in [0.25, 0.3) is 17.1 Å². The number of para-hydroxylation sites is 1. The van der Waals surface area contributed by atoms with Crippen molar-refractivity contribution in [1.82, 2.24) is 25.0 Å². The van der Waals surface area contributed by atoms with Crippen LogP contribution in [0.1, 0.15) is 34.3 Å². The fourth-order valence-electron chi connectivity index (χ4n) is 3.32. The summed E-state index contributed by atoms with van der Waals surface area (Å²) in [5, 5.41) is 20.3. The maximum Gasteiger partial charge on any atom is 0.247 e. The van der Waals surface area contributed by atoms with E-state index in [0.29, 0.717) is 11.8 Å². The van der Waals surface area contributed by atoms with E-state index in [0.717, 1.165) is 28.7 Å². The van der Waals surface area contributed by atoms with Crippen LogP contribution in [-0.2, 0) is 6.42 Å². The average molecular weight is 460 g/mol. The van der Waals surface area contributed by atoms with E-state index in [-0.39, 0.29) is 5.25 Å². The molecule has 0 fully saturated rings. The predicted molar refractivity (Wildman–Crippen MR) is 127 cm³/mol. The van der Waals surface area contributed by atoms with E-state index in [1.165, 1.54) is 10.4 Å². The number of aromatic nitrogens is 5. The SMILES string of the molecule is Cc1ccc(-c2nnc(C(C)Sc3nnc(Cc4cccs4)n3-c3ccccc3)o2)cc1. The molecule has 0 saturated carbocycles. The second-order valence-electron chi connectivity index (χ2n) is 7.40. The molecule has 0 bridgehead atoms. The minimum absolute atomic E-state index is 0.0806. The summed E-state index contributed by atoms with van der Waals surface area (Å²) < 4.78 is 8.09. The molecule has 0 aliphatic rings. The van der Waals surface area contributed by atoms with Gasteiger partial charge in [-0.3, -0.25) is 4.57 Å². The summed E-state index contributed by atoms with van der Waals surface area (Å²) in [5.41, 5.74) is 3.14. The Kier molecular flexibility index (Phi) is 5.87. The minimum atomic E-state index is -0.0806. The third kappa shape index (κ3) is 4.37. The van der Waals surface area contributed by atoms with E-state index < -0.39 is 0 Å². The Balaban J connectivity index is 1.42. The van der Waals surface area contributed by atoms with Gasteiger partial charge in [-0.1, -0.05) is 53.7 Å². The molecular weight excluding hydrogens is 438 g/mol. The maximum absolute atomic E-state index is 5.98. The third-order valence-electron chi connectivity index (χ3n) is 5.00. The zero-order valence-corrected chi connectivity index (χ0v) is 19.3. The van der Waals surface area contributed by atoms with Gasteiger partial charge >= 0.3 is 0 Å². The second kappa shape index (κ2) is 9.10. The molecule has 0 aliphatic heterocycles. The molecule has 0 spiro atoms. The first-order valence-corrected chi connectivity index (χ1v) is 12.0. The highest BCUT2D eigenvalue weighted by Crippen LogP contribution is 2.36. The zero-order chi connectivity index (χ0) is 21.9. The number of nitrogens with zero attached hydrogens (tertiary/aromatic N) is 5. The molecule has 0 saturated heterocycles. The van der Waals surface area contributed by atoms with Crippen LogP contribution in [0.3, 0.4) is 0 Å². The van der Waals surface area contributed by atoms with Crippen molar-refractivity contribution in [2.75, 3.05) is 0 Å². The fourth-order valence-corrected chi connectivity index (χ4v) is 4.93. The van der Waals surface area contributed by atoms with Crippen LogP contribution in [0.4, 0.5) is 0 Å². The molecule has 160 valence electrons. The van der Waals surface area contributed by atoms with Gasteiger partial charge in [-0.15, -0.1) is 31.7 Å². The monoisotopic (exact) mass is 459 g/mol. The standard InChI is InChI=1S/C24H21N5OS2/c1-16-10-12-18(13-11-16)23-27-26-22(30-23)17(2)32-24-28-25-21(15-20-9-6-14-31-20)29(24)19-7-4-3-5-8-19/h3-14,17H,15H2,1-2H3. The normalized spacial score (nSPS) is 12.2. The van der Waals surface area contributed by atoms with Gasteiger partial charge in [0, 0.05) is 22.5 Å². The highest BCUT2D eigenvalue weighted by atomic mass is 32.2. The summed E-state index contributed by atoms with van der Waals surface area (Å²) in [6.07, 6.45) is 0.729. The molecular formula is C24H21N5OS2. The molecule has 3 aromatic heterocycles. The van der Waals surface area contributed by atoms with Crippen LogP contribution in [-0.4, -0.2) is 25.0 Å². The minimum Gasteiger partial charge on any atom is -0.419 e. The Morgan fingerprint density at radius 2 is 1.75 bits per heavy atom. The molecule has 3 heterocycles. The van der Waals surface area contributed by atoms with Crippen molar-refractivity contribution in [3.05, 3.63) is 94.3 Å². The van der Waals surface area contributed by atoms with Gasteiger partial charge in [0.05, 0.1) is 5.25 Å². The van der Waals surface area contributed by atoms with Crippen molar-refractivity contribution in [2.24, 2.45) is 0 Å². The van der Waals surface area contributed by atoms with E-state index in [9.17, 15) is 0 Å². The first-order chi connectivity index (χ1) is 15.7. The molecule has 0 N–H and O–H groups in total. The number of rotatable bonds is 7. The van der Waals surface area contributed by atoms with Crippen molar-refractivity contribution < 1.29 is 4.42 Å². The van der Waals surface area contributed by atoms with E-state index in [1.54, 1.807) is 23.1 Å². The smallest absolute Gasteiger partial charge is 0.247 e. The molecule has 0 radical (unpaired) electrons. The van der Waals surface area contributed by atoms with Crippen molar-refractivity contribution in [2.45, 2.75) is 30.7 Å². The quantitative estimate of drug-likeness (QED) is 0.273. The van der Waals surface area contributed by atoms with Crippen LogP contribution < -0.4 is 0 Å². The lowest BCUT2D eigenvalue weighted by Gasteiger charge is -2.11. The maximum atomic E-state index is 5.98. The van der Waals surface area contributed by atoms with E-state index in [2.05, 4.69) is 61.5 Å². The molecule has 5 aromatic rings. The molecule has 1 unspecified atom stereocenters. The zero-order valence-electron chi connectivity index (χ0n) is 17.7. The average Bonchev–Trinajstić information content (AvgIpc) is 3.57. The molecule has 0 aliphatic carbocycles. The third-order valence-corrected chi connectivity index (χ3v) is 6.90. The van der Waals surface area contributed by atoms with Crippen molar-refractivity contribution in [3.8, 4) is 17.1 Å². The van der Waals surface area contributed by atoms with Gasteiger partial charge in [0.25, 0.3) is 0 Å². The van der Waals surface area contributed by atoms with E-state index in [1.807, 2.05) is 49.4 Å². The van der Waals surface area contributed by atoms with Crippen molar-refractivity contribution >= 4 is 23.1 Å². The summed E-state index contributed by atoms with van der Waals surface area (Å²) in [5.74, 6) is 1.99. The lowest BCUT2D eigenvalue weighted by molar-refractivity contribution is 0.509. The topological polar surface area (TPSA) is 69.6 Å². The number of hydrogen-bond donors (Lipinski definition) is 0. The Labute approximate surface area is 194 Å². The molecule has 8 heteroatoms. The fraction of sp³-hybridized carbons (Fsp3) is 0.167. The number of thiophene rings is 1.